The number of aliphatic hydroxyl groups is 1. The molecule has 139 valence electrons. The van der Waals surface area contributed by atoms with Crippen LogP contribution in [0.4, 0.5) is 4.79 Å². The van der Waals surface area contributed by atoms with Crippen LogP contribution in [0.15, 0.2) is 18.2 Å². The van der Waals surface area contributed by atoms with E-state index >= 15 is 0 Å². The highest BCUT2D eigenvalue weighted by Gasteiger charge is 2.35. The lowest BCUT2D eigenvalue weighted by molar-refractivity contribution is -0.0893. The topological polar surface area (TPSA) is 88.0 Å². The molecule has 0 aliphatic carbocycles. The number of amides is 1. The Balaban J connectivity index is 2.72. The standard InChI is InChI=1S/C18H29BNO5/c1-16(2,3)24-15(22)20-11-12-10-13(8-9-14(12)21)19-25-18(6,7)17(4,5)23/h8-10,21,23H,11H2,1-7H3,(H,20,22). The number of phenols is 1. The second-order valence-corrected chi connectivity index (χ2v) is 8.05. The summed E-state index contributed by atoms with van der Waals surface area (Å²) in [5, 5.41) is 22.7. The van der Waals surface area contributed by atoms with Crippen molar-refractivity contribution in [2.45, 2.75) is 71.8 Å². The number of carbonyl (C=O) groups excluding carboxylic acids is 1. The normalized spacial score (nSPS) is 12.6. The van der Waals surface area contributed by atoms with Crippen LogP contribution in [-0.2, 0) is 15.9 Å². The molecule has 1 rings (SSSR count). The summed E-state index contributed by atoms with van der Waals surface area (Å²) in [5.74, 6) is 0.0648. The summed E-state index contributed by atoms with van der Waals surface area (Å²) in [6.45, 7) is 12.4. The van der Waals surface area contributed by atoms with E-state index in [4.69, 9.17) is 9.39 Å². The summed E-state index contributed by atoms with van der Waals surface area (Å²) in [7, 11) is 1.52. The number of alkyl carbamates (subject to hydrolysis) is 1. The molecule has 7 heteroatoms. The van der Waals surface area contributed by atoms with E-state index in [-0.39, 0.29) is 12.3 Å². The first-order valence-corrected chi connectivity index (χ1v) is 8.23. The Bertz CT molecular complexity index is 602. The lowest BCUT2D eigenvalue weighted by Gasteiger charge is -2.37. The van der Waals surface area contributed by atoms with Gasteiger partial charge in [0.1, 0.15) is 11.4 Å². The number of hydrogen-bond acceptors (Lipinski definition) is 5. The minimum absolute atomic E-state index is 0.0648. The first-order valence-electron chi connectivity index (χ1n) is 8.23. The molecule has 0 aliphatic heterocycles. The van der Waals surface area contributed by atoms with Gasteiger partial charge in [0.2, 0.25) is 0 Å². The van der Waals surface area contributed by atoms with Gasteiger partial charge >= 0.3 is 13.6 Å². The van der Waals surface area contributed by atoms with Crippen molar-refractivity contribution in [1.82, 2.24) is 5.32 Å². The first-order chi connectivity index (χ1) is 11.2. The SMILES string of the molecule is CC(C)(C)OC(=O)NCc1cc([B]OC(C)(C)C(C)(C)O)ccc1O. The van der Waals surface area contributed by atoms with E-state index in [1.54, 1.807) is 60.6 Å². The molecule has 0 heterocycles. The van der Waals surface area contributed by atoms with Gasteiger partial charge in [-0.05, 0) is 54.5 Å². The van der Waals surface area contributed by atoms with E-state index in [0.717, 1.165) is 0 Å². The zero-order valence-corrected chi connectivity index (χ0v) is 16.1. The van der Waals surface area contributed by atoms with Crippen molar-refractivity contribution < 1.29 is 24.4 Å². The zero-order chi connectivity index (χ0) is 19.5. The average molecular weight is 350 g/mol. The second kappa shape index (κ2) is 7.66. The van der Waals surface area contributed by atoms with E-state index in [0.29, 0.717) is 11.0 Å². The second-order valence-electron chi connectivity index (χ2n) is 8.05. The van der Waals surface area contributed by atoms with Crippen LogP contribution in [0.25, 0.3) is 0 Å². The molecule has 1 aromatic carbocycles. The van der Waals surface area contributed by atoms with E-state index < -0.39 is 22.9 Å². The molecule has 3 N–H and O–H groups in total. The summed E-state index contributed by atoms with van der Waals surface area (Å²) < 4.78 is 10.9. The summed E-state index contributed by atoms with van der Waals surface area (Å²) in [6, 6.07) is 4.91. The van der Waals surface area contributed by atoms with Gasteiger partial charge < -0.3 is 24.9 Å². The van der Waals surface area contributed by atoms with Crippen LogP contribution >= 0.6 is 0 Å². The van der Waals surface area contributed by atoms with Crippen LogP contribution in [0.5, 0.6) is 5.75 Å². The Morgan fingerprint density at radius 1 is 1.16 bits per heavy atom. The van der Waals surface area contributed by atoms with Crippen molar-refractivity contribution in [1.29, 1.82) is 0 Å². The van der Waals surface area contributed by atoms with Gasteiger partial charge in [-0.3, -0.25) is 0 Å². The molecule has 0 spiro atoms. The van der Waals surface area contributed by atoms with Crippen molar-refractivity contribution in [3.8, 4) is 5.75 Å². The zero-order valence-electron chi connectivity index (χ0n) is 16.1. The molecule has 0 aromatic heterocycles. The maximum atomic E-state index is 11.7. The molecule has 0 fully saturated rings. The minimum atomic E-state index is -1.03. The molecule has 6 nitrogen and oxygen atoms in total. The molecule has 0 aliphatic rings. The number of hydrogen-bond donors (Lipinski definition) is 3. The van der Waals surface area contributed by atoms with Crippen LogP contribution < -0.4 is 10.8 Å². The highest BCUT2D eigenvalue weighted by atomic mass is 16.6. The van der Waals surface area contributed by atoms with Gasteiger partial charge in [-0.25, -0.2) is 4.79 Å². The summed E-state index contributed by atoms with van der Waals surface area (Å²) in [4.78, 5) is 11.7. The van der Waals surface area contributed by atoms with Crippen molar-refractivity contribution in [3.63, 3.8) is 0 Å². The van der Waals surface area contributed by atoms with E-state index in [9.17, 15) is 15.0 Å². The highest BCUT2D eigenvalue weighted by Crippen LogP contribution is 2.24. The number of phenolic OH excluding ortho intramolecular Hbond substituents is 1. The Kier molecular flexibility index (Phi) is 6.53. The Labute approximate surface area is 150 Å². The van der Waals surface area contributed by atoms with Gasteiger partial charge in [-0.15, -0.1) is 0 Å². The van der Waals surface area contributed by atoms with Crippen LogP contribution in [0, 0.1) is 0 Å². The van der Waals surface area contributed by atoms with Crippen LogP contribution in [0.1, 0.15) is 54.0 Å². The lowest BCUT2D eigenvalue weighted by atomic mass is 9.82. The molecule has 0 atom stereocenters. The van der Waals surface area contributed by atoms with E-state index in [1.807, 2.05) is 0 Å². The molecule has 1 aromatic rings. The fraction of sp³-hybridized carbons (Fsp3) is 0.611. The Hall–Kier alpha value is -1.73. The highest BCUT2D eigenvalue weighted by molar-refractivity contribution is 6.47. The molecular weight excluding hydrogens is 321 g/mol. The minimum Gasteiger partial charge on any atom is -0.508 e. The molecule has 25 heavy (non-hydrogen) atoms. The van der Waals surface area contributed by atoms with Gasteiger partial charge in [0, 0.05) is 12.1 Å². The predicted molar refractivity (Wildman–Crippen MR) is 98.0 cm³/mol. The molecule has 1 radical (unpaired) electrons. The smallest absolute Gasteiger partial charge is 0.407 e. The molecule has 0 bridgehead atoms. The van der Waals surface area contributed by atoms with Crippen LogP contribution in [-0.4, -0.2) is 40.6 Å². The van der Waals surface area contributed by atoms with Crippen LogP contribution in [0.2, 0.25) is 0 Å². The quantitative estimate of drug-likeness (QED) is 0.685. The largest absolute Gasteiger partial charge is 0.508 e. The van der Waals surface area contributed by atoms with E-state index in [1.165, 1.54) is 13.5 Å². The third kappa shape index (κ3) is 6.96. The van der Waals surface area contributed by atoms with E-state index in [2.05, 4.69) is 5.32 Å². The van der Waals surface area contributed by atoms with Crippen molar-refractivity contribution in [2.75, 3.05) is 0 Å². The fourth-order valence-corrected chi connectivity index (χ4v) is 1.66. The first kappa shape index (κ1) is 21.3. The maximum Gasteiger partial charge on any atom is 0.407 e. The average Bonchev–Trinajstić information content (AvgIpc) is 2.42. The molecule has 0 unspecified atom stereocenters. The van der Waals surface area contributed by atoms with Gasteiger partial charge in [-0.2, -0.15) is 0 Å². The van der Waals surface area contributed by atoms with Crippen molar-refractivity contribution in [3.05, 3.63) is 23.8 Å². The third-order valence-corrected chi connectivity index (χ3v) is 3.89. The number of benzene rings is 1. The van der Waals surface area contributed by atoms with Gasteiger partial charge in [0.05, 0.1) is 11.2 Å². The Morgan fingerprint density at radius 2 is 1.76 bits per heavy atom. The predicted octanol–water partition coefficient (Wildman–Crippen LogP) is 2.23. The molecule has 0 saturated carbocycles. The Morgan fingerprint density at radius 3 is 2.28 bits per heavy atom. The monoisotopic (exact) mass is 350 g/mol. The van der Waals surface area contributed by atoms with Crippen LogP contribution in [0.3, 0.4) is 0 Å². The number of nitrogens with one attached hydrogen (secondary N) is 1. The summed E-state index contributed by atoms with van der Waals surface area (Å²) in [6.07, 6.45) is -0.555. The lowest BCUT2D eigenvalue weighted by Crippen LogP contribution is -2.49. The third-order valence-electron chi connectivity index (χ3n) is 3.89. The number of aromatic hydroxyl groups is 1. The maximum absolute atomic E-state index is 11.7. The number of ether oxygens (including phenoxy) is 1. The van der Waals surface area contributed by atoms with Crippen molar-refractivity contribution in [2.24, 2.45) is 0 Å². The molecule has 1 amide bonds. The number of rotatable bonds is 6. The van der Waals surface area contributed by atoms with Gasteiger partial charge in [0.15, 0.2) is 0 Å². The van der Waals surface area contributed by atoms with Gasteiger partial charge in [-0.1, -0.05) is 17.6 Å². The van der Waals surface area contributed by atoms with Gasteiger partial charge in [0.25, 0.3) is 0 Å². The van der Waals surface area contributed by atoms with Crippen molar-refractivity contribution >= 4 is 19.0 Å². The molecular formula is C18H29BNO5. The summed E-state index contributed by atoms with van der Waals surface area (Å²) >= 11 is 0. The number of carbonyl (C=O) groups is 1. The molecule has 0 saturated heterocycles. The fourth-order valence-electron chi connectivity index (χ4n) is 1.66. The summed E-state index contributed by atoms with van der Waals surface area (Å²) in [5.41, 5.74) is -1.17.